The minimum Gasteiger partial charge on any atom is -0.478 e. The summed E-state index contributed by atoms with van der Waals surface area (Å²) >= 11 is 0. The van der Waals surface area contributed by atoms with Crippen LogP contribution >= 0.6 is 0 Å². The van der Waals surface area contributed by atoms with Crippen LogP contribution in [-0.2, 0) is 6.42 Å². The fourth-order valence-electron chi connectivity index (χ4n) is 3.43. The molecule has 136 valence electrons. The second-order valence-electron chi connectivity index (χ2n) is 6.63. The van der Waals surface area contributed by atoms with E-state index in [4.69, 9.17) is 5.11 Å². The smallest absolute Gasteiger partial charge is 0.335 e. The highest BCUT2D eigenvalue weighted by atomic mass is 16.4. The average Bonchev–Trinajstić information content (AvgIpc) is 2.67. The zero-order valence-electron chi connectivity index (χ0n) is 14.7. The first-order chi connectivity index (χ1) is 12.5. The maximum absolute atomic E-state index is 12.8. The second kappa shape index (κ2) is 7.56. The van der Waals surface area contributed by atoms with Gasteiger partial charge in [0.15, 0.2) is 0 Å². The van der Waals surface area contributed by atoms with Gasteiger partial charge in [0, 0.05) is 36.3 Å². The van der Waals surface area contributed by atoms with E-state index in [0.29, 0.717) is 25.1 Å². The Labute approximate surface area is 151 Å². The van der Waals surface area contributed by atoms with Gasteiger partial charge in [-0.3, -0.25) is 9.59 Å². The molecule has 1 saturated heterocycles. The summed E-state index contributed by atoms with van der Waals surface area (Å²) in [6.45, 7) is 3.16. The van der Waals surface area contributed by atoms with Crippen molar-refractivity contribution < 1.29 is 14.7 Å². The molecule has 2 heterocycles. The Kier molecular flexibility index (Phi) is 5.21. The number of carboxylic acids is 1. The second-order valence-corrected chi connectivity index (χ2v) is 6.63. The Morgan fingerprint density at radius 3 is 2.58 bits per heavy atom. The van der Waals surface area contributed by atoms with Crippen molar-refractivity contribution in [3.8, 4) is 0 Å². The number of carboxylic acid groups (broad SMARTS) is 1. The SMILES string of the molecule is CCc1cc(C(=O)N2CCC[C@@H](c3ccc(C(=O)O)cc3)C2)cc(=O)[nH]1. The highest BCUT2D eigenvalue weighted by molar-refractivity contribution is 5.94. The zero-order valence-corrected chi connectivity index (χ0v) is 14.7. The number of pyridine rings is 1. The van der Waals surface area contributed by atoms with Gasteiger partial charge in [0.2, 0.25) is 5.56 Å². The summed E-state index contributed by atoms with van der Waals surface area (Å²) in [5.41, 5.74) is 2.21. The van der Waals surface area contributed by atoms with Gasteiger partial charge in [-0.2, -0.15) is 0 Å². The van der Waals surface area contributed by atoms with E-state index in [9.17, 15) is 14.4 Å². The number of rotatable bonds is 4. The molecule has 1 aromatic heterocycles. The Bertz CT molecular complexity index is 870. The van der Waals surface area contributed by atoms with Gasteiger partial charge in [-0.05, 0) is 43.0 Å². The third-order valence-electron chi connectivity index (χ3n) is 4.87. The maximum atomic E-state index is 12.8. The van der Waals surface area contributed by atoms with Crippen LogP contribution in [0.25, 0.3) is 0 Å². The fraction of sp³-hybridized carbons (Fsp3) is 0.350. The third kappa shape index (κ3) is 3.85. The van der Waals surface area contributed by atoms with E-state index in [1.54, 1.807) is 23.1 Å². The van der Waals surface area contributed by atoms with Gasteiger partial charge in [-0.25, -0.2) is 4.79 Å². The van der Waals surface area contributed by atoms with Crippen molar-refractivity contribution in [1.29, 1.82) is 0 Å². The Balaban J connectivity index is 1.77. The van der Waals surface area contributed by atoms with Crippen LogP contribution in [0.2, 0.25) is 0 Å². The van der Waals surface area contributed by atoms with Crippen LogP contribution in [-0.4, -0.2) is 40.0 Å². The molecule has 0 radical (unpaired) electrons. The molecule has 0 unspecified atom stereocenters. The predicted molar refractivity (Wildman–Crippen MR) is 97.7 cm³/mol. The van der Waals surface area contributed by atoms with E-state index in [-0.39, 0.29) is 22.9 Å². The van der Waals surface area contributed by atoms with Crippen LogP contribution in [0.1, 0.15) is 57.7 Å². The molecule has 2 N–H and O–H groups in total. The highest BCUT2D eigenvalue weighted by Gasteiger charge is 2.26. The van der Waals surface area contributed by atoms with Crippen LogP contribution in [0.4, 0.5) is 0 Å². The number of carbonyl (C=O) groups is 2. The molecule has 2 aromatic rings. The lowest BCUT2D eigenvalue weighted by molar-refractivity contribution is 0.0693. The van der Waals surface area contributed by atoms with Crippen LogP contribution in [0, 0.1) is 0 Å². The molecule has 1 aromatic carbocycles. The molecule has 1 aliphatic heterocycles. The molecule has 6 heteroatoms. The van der Waals surface area contributed by atoms with Crippen molar-refractivity contribution in [3.63, 3.8) is 0 Å². The minimum atomic E-state index is -0.946. The number of aryl methyl sites for hydroxylation is 1. The number of carbonyl (C=O) groups excluding carboxylic acids is 1. The number of nitrogens with zero attached hydrogens (tertiary/aromatic N) is 1. The standard InChI is InChI=1S/C20H22N2O4/c1-2-17-10-16(11-18(23)21-17)19(24)22-9-3-4-15(12-22)13-5-7-14(8-6-13)20(25)26/h5-8,10-11,15H,2-4,9,12H2,1H3,(H,21,23)(H,25,26)/t15-/m1/s1. The van der Waals surface area contributed by atoms with Gasteiger partial charge in [0.05, 0.1) is 5.56 Å². The van der Waals surface area contributed by atoms with Gasteiger partial charge in [0.1, 0.15) is 0 Å². The first-order valence-electron chi connectivity index (χ1n) is 8.83. The van der Waals surface area contributed by atoms with Gasteiger partial charge >= 0.3 is 5.97 Å². The number of benzene rings is 1. The first-order valence-corrected chi connectivity index (χ1v) is 8.83. The number of aromatic carboxylic acids is 1. The summed E-state index contributed by atoms with van der Waals surface area (Å²) in [5, 5.41) is 9.01. The van der Waals surface area contributed by atoms with E-state index < -0.39 is 5.97 Å². The molecule has 26 heavy (non-hydrogen) atoms. The lowest BCUT2D eigenvalue weighted by atomic mass is 9.90. The van der Waals surface area contributed by atoms with Crippen molar-refractivity contribution in [2.45, 2.75) is 32.1 Å². The monoisotopic (exact) mass is 354 g/mol. The Morgan fingerprint density at radius 1 is 1.19 bits per heavy atom. The van der Waals surface area contributed by atoms with Crippen LogP contribution in [0.3, 0.4) is 0 Å². The highest BCUT2D eigenvalue weighted by Crippen LogP contribution is 2.28. The summed E-state index contributed by atoms with van der Waals surface area (Å²) in [6.07, 6.45) is 2.49. The summed E-state index contributed by atoms with van der Waals surface area (Å²) in [6, 6.07) is 9.95. The Hall–Kier alpha value is -2.89. The minimum absolute atomic E-state index is 0.127. The van der Waals surface area contributed by atoms with Gasteiger partial charge < -0.3 is 15.0 Å². The van der Waals surface area contributed by atoms with Crippen molar-refractivity contribution >= 4 is 11.9 Å². The quantitative estimate of drug-likeness (QED) is 0.883. The number of likely N-dealkylation sites (tertiary alicyclic amines) is 1. The van der Waals surface area contributed by atoms with Crippen LogP contribution in [0.15, 0.2) is 41.2 Å². The summed E-state index contributed by atoms with van der Waals surface area (Å²) in [4.78, 5) is 40.1. The number of piperidine rings is 1. The molecule has 0 spiro atoms. The number of hydrogen-bond acceptors (Lipinski definition) is 3. The lowest BCUT2D eigenvalue weighted by Gasteiger charge is -2.33. The number of aromatic nitrogens is 1. The zero-order chi connectivity index (χ0) is 18.7. The molecule has 1 aliphatic rings. The van der Waals surface area contributed by atoms with E-state index in [0.717, 1.165) is 24.1 Å². The van der Waals surface area contributed by atoms with Gasteiger partial charge in [-0.1, -0.05) is 19.1 Å². The van der Waals surface area contributed by atoms with Crippen LogP contribution < -0.4 is 5.56 Å². The maximum Gasteiger partial charge on any atom is 0.335 e. The Morgan fingerprint density at radius 2 is 1.92 bits per heavy atom. The predicted octanol–water partition coefficient (Wildman–Crippen LogP) is 2.66. The molecule has 3 rings (SSSR count). The number of nitrogens with one attached hydrogen (secondary N) is 1. The van der Waals surface area contributed by atoms with Gasteiger partial charge in [0.25, 0.3) is 5.91 Å². The van der Waals surface area contributed by atoms with Crippen molar-refractivity contribution in [2.24, 2.45) is 0 Å². The number of hydrogen-bond donors (Lipinski definition) is 2. The fourth-order valence-corrected chi connectivity index (χ4v) is 3.43. The van der Waals surface area contributed by atoms with Crippen LogP contribution in [0.5, 0.6) is 0 Å². The topological polar surface area (TPSA) is 90.5 Å². The molecule has 0 saturated carbocycles. The van der Waals surface area contributed by atoms with E-state index in [2.05, 4.69) is 4.98 Å². The van der Waals surface area contributed by atoms with E-state index >= 15 is 0 Å². The van der Waals surface area contributed by atoms with Crippen molar-refractivity contribution in [2.75, 3.05) is 13.1 Å². The molecular formula is C20H22N2O4. The normalized spacial score (nSPS) is 17.1. The average molecular weight is 354 g/mol. The van der Waals surface area contributed by atoms with E-state index in [1.165, 1.54) is 6.07 Å². The summed E-state index contributed by atoms with van der Waals surface area (Å²) in [5.74, 6) is -0.904. The van der Waals surface area contributed by atoms with Crippen molar-refractivity contribution in [1.82, 2.24) is 9.88 Å². The molecule has 6 nitrogen and oxygen atoms in total. The molecule has 1 fully saturated rings. The molecule has 1 atom stereocenters. The largest absolute Gasteiger partial charge is 0.478 e. The molecule has 0 aliphatic carbocycles. The number of aromatic amines is 1. The third-order valence-corrected chi connectivity index (χ3v) is 4.87. The van der Waals surface area contributed by atoms with Gasteiger partial charge in [-0.15, -0.1) is 0 Å². The molecular weight excluding hydrogens is 332 g/mol. The number of amides is 1. The summed E-state index contributed by atoms with van der Waals surface area (Å²) < 4.78 is 0. The molecule has 0 bridgehead atoms. The number of H-pyrrole nitrogens is 1. The first kappa shape index (κ1) is 17.9. The van der Waals surface area contributed by atoms with Crippen molar-refractivity contribution in [3.05, 3.63) is 69.1 Å². The van der Waals surface area contributed by atoms with E-state index in [1.807, 2.05) is 19.1 Å². The lowest BCUT2D eigenvalue weighted by Crippen LogP contribution is -2.39. The molecule has 1 amide bonds. The summed E-state index contributed by atoms with van der Waals surface area (Å²) in [7, 11) is 0.